The van der Waals surface area contributed by atoms with Crippen molar-refractivity contribution >= 4 is 17.5 Å². The molecule has 1 aliphatic heterocycles. The molecule has 0 aromatic heterocycles. The van der Waals surface area contributed by atoms with E-state index in [-0.39, 0.29) is 18.4 Å². The quantitative estimate of drug-likeness (QED) is 0.866. The Hall–Kier alpha value is -2.04. The number of hydrogen-bond acceptors (Lipinski definition) is 3. The number of anilines is 1. The van der Waals surface area contributed by atoms with Crippen molar-refractivity contribution in [1.82, 2.24) is 5.32 Å². The van der Waals surface area contributed by atoms with E-state index in [4.69, 9.17) is 4.74 Å². The van der Waals surface area contributed by atoms with E-state index in [2.05, 4.69) is 5.32 Å². The van der Waals surface area contributed by atoms with Gasteiger partial charge in [-0.05, 0) is 18.6 Å². The van der Waals surface area contributed by atoms with Crippen LogP contribution in [0.5, 0.6) is 5.75 Å². The molecule has 0 aliphatic carbocycles. The Labute approximate surface area is 106 Å². The lowest BCUT2D eigenvalue weighted by molar-refractivity contribution is -0.131. The molecule has 1 heterocycles. The monoisotopic (exact) mass is 248 g/mol. The fourth-order valence-electron chi connectivity index (χ4n) is 2.04. The van der Waals surface area contributed by atoms with Crippen LogP contribution in [-0.2, 0) is 9.59 Å². The van der Waals surface area contributed by atoms with Crippen molar-refractivity contribution in [2.45, 2.75) is 19.4 Å². The largest absolute Gasteiger partial charge is 0.495 e. The number of benzene rings is 1. The van der Waals surface area contributed by atoms with Gasteiger partial charge in [0.05, 0.1) is 12.8 Å². The molecular formula is C13H16N2O3. The van der Waals surface area contributed by atoms with Crippen LogP contribution in [0.1, 0.15) is 13.3 Å². The number of nitrogens with one attached hydrogen (secondary N) is 1. The van der Waals surface area contributed by atoms with Gasteiger partial charge in [0.2, 0.25) is 11.8 Å². The molecule has 5 nitrogen and oxygen atoms in total. The summed E-state index contributed by atoms with van der Waals surface area (Å²) in [6, 6.07) is 6.75. The van der Waals surface area contributed by atoms with E-state index in [1.165, 1.54) is 4.90 Å². The number of hydrogen-bond donors (Lipinski definition) is 1. The Morgan fingerprint density at radius 1 is 1.39 bits per heavy atom. The minimum Gasteiger partial charge on any atom is -0.495 e. The van der Waals surface area contributed by atoms with Crippen LogP contribution in [0.25, 0.3) is 0 Å². The highest BCUT2D eigenvalue weighted by Crippen LogP contribution is 2.29. The van der Waals surface area contributed by atoms with E-state index in [1.807, 2.05) is 19.1 Å². The number of nitrogens with zero attached hydrogens (tertiary/aromatic N) is 1. The normalized spacial score (nSPS) is 19.7. The predicted octanol–water partition coefficient (Wildman–Crippen LogP) is 0.937. The molecule has 1 N–H and O–H groups in total. The summed E-state index contributed by atoms with van der Waals surface area (Å²) >= 11 is 0. The smallest absolute Gasteiger partial charge is 0.250 e. The number of ether oxygens (including phenoxy) is 1. The summed E-state index contributed by atoms with van der Waals surface area (Å²) in [5, 5.41) is 2.68. The van der Waals surface area contributed by atoms with Gasteiger partial charge in [-0.3, -0.25) is 14.5 Å². The summed E-state index contributed by atoms with van der Waals surface area (Å²) < 4.78 is 5.23. The maximum Gasteiger partial charge on any atom is 0.250 e. The van der Waals surface area contributed by atoms with Crippen LogP contribution in [0.4, 0.5) is 5.69 Å². The van der Waals surface area contributed by atoms with E-state index in [0.717, 1.165) is 0 Å². The van der Waals surface area contributed by atoms with E-state index in [9.17, 15) is 9.59 Å². The summed E-state index contributed by atoms with van der Waals surface area (Å²) in [6.45, 7) is 1.91. The molecule has 2 rings (SSSR count). The minimum atomic E-state index is -0.448. The Morgan fingerprint density at radius 3 is 2.78 bits per heavy atom. The fourth-order valence-corrected chi connectivity index (χ4v) is 2.04. The molecule has 18 heavy (non-hydrogen) atoms. The maximum absolute atomic E-state index is 12.2. The van der Waals surface area contributed by atoms with Gasteiger partial charge < -0.3 is 10.1 Å². The zero-order valence-corrected chi connectivity index (χ0v) is 10.5. The van der Waals surface area contributed by atoms with Crippen LogP contribution in [0.15, 0.2) is 24.3 Å². The molecule has 0 bridgehead atoms. The van der Waals surface area contributed by atoms with Crippen molar-refractivity contribution in [3.05, 3.63) is 24.3 Å². The first-order chi connectivity index (χ1) is 8.67. The first-order valence-electron chi connectivity index (χ1n) is 5.91. The summed E-state index contributed by atoms with van der Waals surface area (Å²) in [4.78, 5) is 25.3. The molecule has 0 saturated carbocycles. The standard InChI is InChI=1S/C13H16N2O3/c1-3-9-13(17)15(8-12(16)14-9)10-6-4-5-7-11(10)18-2/h4-7,9H,3,8H2,1-2H3,(H,14,16). The van der Waals surface area contributed by atoms with Crippen molar-refractivity contribution in [2.24, 2.45) is 0 Å². The molecule has 1 saturated heterocycles. The molecule has 1 aliphatic rings. The van der Waals surface area contributed by atoms with Crippen molar-refractivity contribution in [2.75, 3.05) is 18.6 Å². The predicted molar refractivity (Wildman–Crippen MR) is 67.6 cm³/mol. The lowest BCUT2D eigenvalue weighted by Crippen LogP contribution is -2.58. The first kappa shape index (κ1) is 12.4. The number of amides is 2. The van der Waals surface area contributed by atoms with Crippen molar-refractivity contribution in [1.29, 1.82) is 0 Å². The van der Waals surface area contributed by atoms with Gasteiger partial charge in [-0.25, -0.2) is 0 Å². The Bertz CT molecular complexity index is 473. The second-order valence-electron chi connectivity index (χ2n) is 4.12. The second-order valence-corrected chi connectivity index (χ2v) is 4.12. The van der Waals surface area contributed by atoms with Gasteiger partial charge in [-0.1, -0.05) is 19.1 Å². The Balaban J connectivity index is 2.36. The number of para-hydroxylation sites is 2. The average Bonchev–Trinajstić information content (AvgIpc) is 2.41. The van der Waals surface area contributed by atoms with Crippen molar-refractivity contribution < 1.29 is 14.3 Å². The SMILES string of the molecule is CCC1NC(=O)CN(c2ccccc2OC)C1=O. The molecule has 96 valence electrons. The third kappa shape index (κ3) is 2.16. The third-order valence-electron chi connectivity index (χ3n) is 2.99. The summed E-state index contributed by atoms with van der Waals surface area (Å²) in [5.41, 5.74) is 0.637. The van der Waals surface area contributed by atoms with Crippen LogP contribution < -0.4 is 15.0 Å². The maximum atomic E-state index is 12.2. The van der Waals surface area contributed by atoms with Crippen LogP contribution >= 0.6 is 0 Å². The molecule has 1 aromatic rings. The number of piperazine rings is 1. The number of carbonyl (C=O) groups is 2. The highest BCUT2D eigenvalue weighted by atomic mass is 16.5. The van der Waals surface area contributed by atoms with Gasteiger partial charge in [-0.2, -0.15) is 0 Å². The van der Waals surface area contributed by atoms with E-state index in [0.29, 0.717) is 17.9 Å². The zero-order chi connectivity index (χ0) is 13.1. The molecule has 1 atom stereocenters. The highest BCUT2D eigenvalue weighted by Gasteiger charge is 2.33. The fraction of sp³-hybridized carbons (Fsp3) is 0.385. The van der Waals surface area contributed by atoms with E-state index >= 15 is 0 Å². The molecule has 5 heteroatoms. The third-order valence-corrected chi connectivity index (χ3v) is 2.99. The van der Waals surface area contributed by atoms with E-state index < -0.39 is 6.04 Å². The van der Waals surface area contributed by atoms with Gasteiger partial charge in [0, 0.05) is 0 Å². The lowest BCUT2D eigenvalue weighted by Gasteiger charge is -2.32. The van der Waals surface area contributed by atoms with Crippen molar-refractivity contribution in [3.63, 3.8) is 0 Å². The van der Waals surface area contributed by atoms with Crippen molar-refractivity contribution in [3.8, 4) is 5.75 Å². The van der Waals surface area contributed by atoms with Crippen LogP contribution in [0.2, 0.25) is 0 Å². The zero-order valence-electron chi connectivity index (χ0n) is 10.5. The average molecular weight is 248 g/mol. The van der Waals surface area contributed by atoms with Crippen LogP contribution in [0, 0.1) is 0 Å². The molecule has 0 spiro atoms. The number of carbonyl (C=O) groups excluding carboxylic acids is 2. The van der Waals surface area contributed by atoms with Gasteiger partial charge in [0.25, 0.3) is 0 Å². The van der Waals surface area contributed by atoms with E-state index in [1.54, 1.807) is 19.2 Å². The van der Waals surface area contributed by atoms with Crippen LogP contribution in [-0.4, -0.2) is 31.5 Å². The Kier molecular flexibility index (Phi) is 3.50. The minimum absolute atomic E-state index is 0.0374. The highest BCUT2D eigenvalue weighted by molar-refractivity contribution is 6.07. The first-order valence-corrected chi connectivity index (χ1v) is 5.91. The number of rotatable bonds is 3. The topological polar surface area (TPSA) is 58.6 Å². The van der Waals surface area contributed by atoms with Gasteiger partial charge in [0.1, 0.15) is 18.3 Å². The molecule has 1 unspecified atom stereocenters. The molecule has 0 radical (unpaired) electrons. The Morgan fingerprint density at radius 2 is 2.11 bits per heavy atom. The van der Waals surface area contributed by atoms with Gasteiger partial charge in [-0.15, -0.1) is 0 Å². The van der Waals surface area contributed by atoms with Gasteiger partial charge in [0.15, 0.2) is 0 Å². The lowest BCUT2D eigenvalue weighted by atomic mass is 10.1. The molecule has 1 fully saturated rings. The molecule has 1 aromatic carbocycles. The second kappa shape index (κ2) is 5.08. The summed E-state index contributed by atoms with van der Waals surface area (Å²) in [6.07, 6.45) is 0.580. The van der Waals surface area contributed by atoms with Gasteiger partial charge >= 0.3 is 0 Å². The van der Waals surface area contributed by atoms with Crippen LogP contribution in [0.3, 0.4) is 0 Å². The number of methoxy groups -OCH3 is 1. The molecule has 2 amide bonds. The summed E-state index contributed by atoms with van der Waals surface area (Å²) in [5.74, 6) is 0.351. The summed E-state index contributed by atoms with van der Waals surface area (Å²) in [7, 11) is 1.55. The molecular weight excluding hydrogens is 232 g/mol.